The van der Waals surface area contributed by atoms with E-state index in [9.17, 15) is 4.79 Å². The van der Waals surface area contributed by atoms with Crippen LogP contribution in [0.5, 0.6) is 0 Å². The molecule has 0 atom stereocenters. The van der Waals surface area contributed by atoms with Gasteiger partial charge >= 0.3 is 5.97 Å². The van der Waals surface area contributed by atoms with E-state index >= 15 is 0 Å². The van der Waals surface area contributed by atoms with Crippen molar-refractivity contribution in [2.24, 2.45) is 0 Å². The van der Waals surface area contributed by atoms with Crippen LogP contribution in [0.1, 0.15) is 22.8 Å². The fourth-order valence-electron chi connectivity index (χ4n) is 1.69. The first-order chi connectivity index (χ1) is 8.61. The highest BCUT2D eigenvalue weighted by Gasteiger charge is 2.12. The van der Waals surface area contributed by atoms with Crippen LogP contribution >= 0.6 is 12.2 Å². The van der Waals surface area contributed by atoms with Crippen LogP contribution in [0.15, 0.2) is 30.5 Å². The van der Waals surface area contributed by atoms with Crippen LogP contribution in [0.25, 0.3) is 11.3 Å². The number of carboxylic acid groups (broad SMARTS) is 1. The lowest BCUT2D eigenvalue weighted by molar-refractivity contribution is 0.0697. The third kappa shape index (κ3) is 2.46. The van der Waals surface area contributed by atoms with E-state index < -0.39 is 5.97 Å². The summed E-state index contributed by atoms with van der Waals surface area (Å²) in [6.45, 7) is 2.07. The van der Waals surface area contributed by atoms with Crippen molar-refractivity contribution in [2.45, 2.75) is 13.3 Å². The van der Waals surface area contributed by atoms with Crippen molar-refractivity contribution in [1.82, 2.24) is 9.97 Å². The van der Waals surface area contributed by atoms with Gasteiger partial charge in [-0.3, -0.25) is 0 Å². The molecular formula is C13H12N2O2S. The van der Waals surface area contributed by atoms with Gasteiger partial charge in [-0.1, -0.05) is 31.2 Å². The summed E-state index contributed by atoms with van der Waals surface area (Å²) in [5.41, 5.74) is 2.60. The van der Waals surface area contributed by atoms with Gasteiger partial charge in [0.2, 0.25) is 0 Å². The molecule has 1 aromatic carbocycles. The Morgan fingerprint density at radius 3 is 2.61 bits per heavy atom. The van der Waals surface area contributed by atoms with Gasteiger partial charge in [-0.05, 0) is 29.8 Å². The molecule has 2 rings (SSSR count). The molecule has 0 bridgehead atoms. The molecule has 0 aliphatic carbocycles. The molecule has 0 radical (unpaired) electrons. The number of carbonyl (C=O) groups is 1. The zero-order chi connectivity index (χ0) is 13.1. The van der Waals surface area contributed by atoms with Crippen LogP contribution in [0.4, 0.5) is 0 Å². The minimum absolute atomic E-state index is 0.118. The third-order valence-corrected chi connectivity index (χ3v) is 2.90. The van der Waals surface area contributed by atoms with Crippen molar-refractivity contribution in [3.8, 4) is 11.3 Å². The lowest BCUT2D eigenvalue weighted by Gasteiger charge is -2.06. The van der Waals surface area contributed by atoms with Crippen molar-refractivity contribution in [1.29, 1.82) is 0 Å². The van der Waals surface area contributed by atoms with Crippen molar-refractivity contribution in [3.05, 3.63) is 46.4 Å². The molecule has 18 heavy (non-hydrogen) atoms. The van der Waals surface area contributed by atoms with E-state index in [0.29, 0.717) is 5.69 Å². The number of hydrogen-bond acceptors (Lipinski definition) is 3. The van der Waals surface area contributed by atoms with Crippen molar-refractivity contribution >= 4 is 18.2 Å². The highest BCUT2D eigenvalue weighted by molar-refractivity contribution is 7.71. The van der Waals surface area contributed by atoms with Gasteiger partial charge in [0.05, 0.1) is 5.69 Å². The zero-order valence-corrected chi connectivity index (χ0v) is 10.6. The average Bonchev–Trinajstić information content (AvgIpc) is 2.38. The number of carboxylic acids is 1. The zero-order valence-electron chi connectivity index (χ0n) is 9.80. The van der Waals surface area contributed by atoms with Crippen LogP contribution in [0.3, 0.4) is 0 Å². The summed E-state index contributed by atoms with van der Waals surface area (Å²) in [4.78, 5) is 17.8. The molecule has 0 fully saturated rings. The predicted octanol–water partition coefficient (Wildman–Crippen LogP) is 3.07. The largest absolute Gasteiger partial charge is 0.478 e. The molecule has 2 N–H and O–H groups in total. The van der Waals surface area contributed by atoms with Crippen molar-refractivity contribution in [2.75, 3.05) is 0 Å². The molecule has 0 aliphatic rings. The van der Waals surface area contributed by atoms with Crippen molar-refractivity contribution in [3.63, 3.8) is 0 Å². The lowest BCUT2D eigenvalue weighted by atomic mass is 10.0. The smallest absolute Gasteiger partial charge is 0.339 e. The van der Waals surface area contributed by atoms with E-state index in [-0.39, 0.29) is 10.3 Å². The van der Waals surface area contributed by atoms with Crippen LogP contribution in [0.2, 0.25) is 0 Å². The van der Waals surface area contributed by atoms with E-state index in [1.807, 2.05) is 24.3 Å². The summed E-state index contributed by atoms with van der Waals surface area (Å²) < 4.78 is 0.273. The molecule has 0 saturated heterocycles. The summed E-state index contributed by atoms with van der Waals surface area (Å²) in [5, 5.41) is 9.12. The number of aromatic amines is 1. The molecular weight excluding hydrogens is 248 g/mol. The first-order valence-corrected chi connectivity index (χ1v) is 5.94. The molecule has 0 spiro atoms. The van der Waals surface area contributed by atoms with Gasteiger partial charge in [-0.15, -0.1) is 0 Å². The SMILES string of the molecule is CCc1ccc(-c2[nH]c(=S)ncc2C(=O)O)cc1. The normalized spacial score (nSPS) is 10.3. The fourth-order valence-corrected chi connectivity index (χ4v) is 1.85. The quantitative estimate of drug-likeness (QED) is 0.832. The Bertz CT molecular complexity index is 632. The average molecular weight is 260 g/mol. The Balaban J connectivity index is 2.57. The van der Waals surface area contributed by atoms with E-state index in [2.05, 4.69) is 16.9 Å². The molecule has 92 valence electrons. The number of rotatable bonds is 3. The molecule has 0 aliphatic heterocycles. The molecule has 0 saturated carbocycles. The van der Waals surface area contributed by atoms with Crippen LogP contribution < -0.4 is 0 Å². The second-order valence-electron chi connectivity index (χ2n) is 3.83. The van der Waals surface area contributed by atoms with Gasteiger partial charge in [0.1, 0.15) is 5.56 Å². The number of nitrogens with zero attached hydrogens (tertiary/aromatic N) is 1. The molecule has 1 heterocycles. The molecule has 2 aromatic rings. The second-order valence-corrected chi connectivity index (χ2v) is 4.22. The van der Waals surface area contributed by atoms with Gasteiger partial charge in [-0.2, -0.15) is 0 Å². The van der Waals surface area contributed by atoms with E-state index in [1.54, 1.807) is 0 Å². The number of aromatic nitrogens is 2. The fraction of sp³-hybridized carbons (Fsp3) is 0.154. The van der Waals surface area contributed by atoms with E-state index in [4.69, 9.17) is 17.3 Å². The summed E-state index contributed by atoms with van der Waals surface area (Å²) in [5.74, 6) is -1.02. The monoisotopic (exact) mass is 260 g/mol. The lowest BCUT2D eigenvalue weighted by Crippen LogP contribution is -2.03. The summed E-state index contributed by atoms with van der Waals surface area (Å²) in [6, 6.07) is 7.70. The maximum absolute atomic E-state index is 11.1. The maximum atomic E-state index is 11.1. The Kier molecular flexibility index (Phi) is 3.53. The minimum atomic E-state index is -1.02. The Labute approximate surface area is 109 Å². The predicted molar refractivity (Wildman–Crippen MR) is 71.2 cm³/mol. The summed E-state index contributed by atoms with van der Waals surface area (Å²) in [6.07, 6.45) is 2.22. The highest BCUT2D eigenvalue weighted by atomic mass is 32.1. The number of hydrogen-bond donors (Lipinski definition) is 2. The number of aryl methyl sites for hydroxylation is 1. The molecule has 0 amide bonds. The first kappa shape index (κ1) is 12.4. The molecule has 1 aromatic heterocycles. The second kappa shape index (κ2) is 5.10. The highest BCUT2D eigenvalue weighted by Crippen LogP contribution is 2.21. The van der Waals surface area contributed by atoms with Gasteiger partial charge in [0.25, 0.3) is 0 Å². The number of nitrogens with one attached hydrogen (secondary N) is 1. The summed E-state index contributed by atoms with van der Waals surface area (Å²) in [7, 11) is 0. The molecule has 0 unspecified atom stereocenters. The van der Waals surface area contributed by atoms with Gasteiger partial charge < -0.3 is 10.1 Å². The van der Waals surface area contributed by atoms with E-state index in [1.165, 1.54) is 11.8 Å². The van der Waals surface area contributed by atoms with Gasteiger partial charge in [-0.25, -0.2) is 9.78 Å². The third-order valence-electron chi connectivity index (χ3n) is 2.69. The van der Waals surface area contributed by atoms with Crippen LogP contribution in [-0.2, 0) is 6.42 Å². The maximum Gasteiger partial charge on any atom is 0.339 e. The Hall–Kier alpha value is -2.01. The van der Waals surface area contributed by atoms with Gasteiger partial charge in [0.15, 0.2) is 4.77 Å². The number of aromatic carboxylic acids is 1. The van der Waals surface area contributed by atoms with Crippen LogP contribution in [0, 0.1) is 4.77 Å². The number of benzene rings is 1. The first-order valence-electron chi connectivity index (χ1n) is 5.53. The van der Waals surface area contributed by atoms with Crippen LogP contribution in [-0.4, -0.2) is 21.0 Å². The standard InChI is InChI=1S/C13H12N2O2S/c1-2-8-3-5-9(6-4-8)11-10(12(16)17)7-14-13(18)15-11/h3-7H,2H2,1H3,(H,16,17)(H,14,15,18). The molecule has 5 heteroatoms. The Morgan fingerprint density at radius 2 is 2.06 bits per heavy atom. The molecule has 4 nitrogen and oxygen atoms in total. The number of H-pyrrole nitrogens is 1. The van der Waals surface area contributed by atoms with Crippen molar-refractivity contribution < 1.29 is 9.90 Å². The van der Waals surface area contributed by atoms with E-state index in [0.717, 1.165) is 12.0 Å². The minimum Gasteiger partial charge on any atom is -0.478 e. The topological polar surface area (TPSA) is 66.0 Å². The Morgan fingerprint density at radius 1 is 1.39 bits per heavy atom. The summed E-state index contributed by atoms with van der Waals surface area (Å²) >= 11 is 4.93. The van der Waals surface area contributed by atoms with Gasteiger partial charge in [0, 0.05) is 6.20 Å².